The van der Waals surface area contributed by atoms with Crippen LogP contribution in [-0.2, 0) is 4.84 Å². The summed E-state index contributed by atoms with van der Waals surface area (Å²) in [4.78, 5) is 19.4. The number of carbonyl (C=O) groups is 1. The summed E-state index contributed by atoms with van der Waals surface area (Å²) in [6, 6.07) is 9.72. The number of anilines is 1. The van der Waals surface area contributed by atoms with Gasteiger partial charge in [0.2, 0.25) is 0 Å². The number of hydrogen-bond acceptors (Lipinski definition) is 3. The number of benzene rings is 1. The molecular weight excluding hydrogens is 228 g/mol. The zero-order valence-corrected chi connectivity index (χ0v) is 11.0. The summed E-state index contributed by atoms with van der Waals surface area (Å²) in [6.45, 7) is 6.29. The standard InChI is InChI=1S/C14H18N2O2/c1-13(2)9-10-14(3)15(12(17)18-16(13)14)11-7-5-4-6-8-11/h4-8H,9-10H2,1-3H3. The molecule has 1 aromatic rings. The number of rotatable bonds is 1. The molecule has 0 saturated carbocycles. The van der Waals surface area contributed by atoms with Crippen LogP contribution in [0.5, 0.6) is 0 Å². The lowest BCUT2D eigenvalue weighted by Gasteiger charge is -2.35. The lowest BCUT2D eigenvalue weighted by molar-refractivity contribution is -0.158. The zero-order valence-electron chi connectivity index (χ0n) is 11.0. The average Bonchev–Trinajstić information content (AvgIpc) is 2.72. The van der Waals surface area contributed by atoms with E-state index in [4.69, 9.17) is 4.84 Å². The molecule has 0 spiro atoms. The minimum absolute atomic E-state index is 0.103. The summed E-state index contributed by atoms with van der Waals surface area (Å²) in [5.41, 5.74) is 0.417. The van der Waals surface area contributed by atoms with Gasteiger partial charge in [-0.1, -0.05) is 18.2 Å². The maximum atomic E-state index is 12.1. The van der Waals surface area contributed by atoms with Crippen LogP contribution in [0.1, 0.15) is 33.6 Å². The molecule has 0 radical (unpaired) electrons. The Hall–Kier alpha value is -1.55. The van der Waals surface area contributed by atoms with Gasteiger partial charge in [-0.05, 0) is 45.7 Å². The van der Waals surface area contributed by atoms with E-state index in [9.17, 15) is 4.79 Å². The van der Waals surface area contributed by atoms with E-state index in [0.717, 1.165) is 18.5 Å². The Bertz CT molecular complexity index is 486. The van der Waals surface area contributed by atoms with Crippen LogP contribution in [0.4, 0.5) is 10.5 Å². The monoisotopic (exact) mass is 246 g/mol. The normalized spacial score (nSPS) is 30.4. The van der Waals surface area contributed by atoms with E-state index in [1.807, 2.05) is 35.4 Å². The van der Waals surface area contributed by atoms with Crippen LogP contribution < -0.4 is 4.90 Å². The molecule has 0 aromatic heterocycles. The molecule has 2 heterocycles. The van der Waals surface area contributed by atoms with Crippen LogP contribution in [-0.4, -0.2) is 22.4 Å². The van der Waals surface area contributed by atoms with E-state index in [2.05, 4.69) is 20.8 Å². The first kappa shape index (κ1) is 11.5. The number of hydrogen-bond donors (Lipinski definition) is 0. The maximum absolute atomic E-state index is 12.1. The van der Waals surface area contributed by atoms with Crippen LogP contribution in [0.15, 0.2) is 30.3 Å². The molecule has 1 atom stereocenters. The number of para-hydroxylation sites is 1. The topological polar surface area (TPSA) is 32.8 Å². The fraction of sp³-hybridized carbons (Fsp3) is 0.500. The van der Waals surface area contributed by atoms with Gasteiger partial charge in [0.05, 0.1) is 5.54 Å². The van der Waals surface area contributed by atoms with Crippen molar-refractivity contribution in [2.45, 2.75) is 44.8 Å². The minimum Gasteiger partial charge on any atom is -0.348 e. The third kappa shape index (κ3) is 1.38. The van der Waals surface area contributed by atoms with Gasteiger partial charge in [0, 0.05) is 5.69 Å². The van der Waals surface area contributed by atoms with Gasteiger partial charge in [0.25, 0.3) is 0 Å². The number of carbonyl (C=O) groups excluding carboxylic acids is 1. The summed E-state index contributed by atoms with van der Waals surface area (Å²) in [7, 11) is 0. The highest BCUT2D eigenvalue weighted by atomic mass is 16.8. The van der Waals surface area contributed by atoms with Gasteiger partial charge in [-0.3, -0.25) is 4.90 Å². The van der Waals surface area contributed by atoms with Crippen LogP contribution in [0.3, 0.4) is 0 Å². The second kappa shape index (κ2) is 3.48. The summed E-state index contributed by atoms with van der Waals surface area (Å²) in [5.74, 6) is 0. The Balaban J connectivity index is 2.04. The van der Waals surface area contributed by atoms with Gasteiger partial charge in [0.15, 0.2) is 0 Å². The van der Waals surface area contributed by atoms with E-state index in [0.29, 0.717) is 0 Å². The molecule has 4 heteroatoms. The molecule has 96 valence electrons. The van der Waals surface area contributed by atoms with Crippen LogP contribution in [0, 0.1) is 0 Å². The van der Waals surface area contributed by atoms with Gasteiger partial charge in [-0.2, -0.15) is 0 Å². The lowest BCUT2D eigenvalue weighted by Crippen LogP contribution is -2.51. The minimum atomic E-state index is -0.373. The maximum Gasteiger partial charge on any atom is 0.435 e. The van der Waals surface area contributed by atoms with Crippen LogP contribution in [0.25, 0.3) is 0 Å². The lowest BCUT2D eigenvalue weighted by atomic mass is 10.0. The van der Waals surface area contributed by atoms with Gasteiger partial charge in [-0.15, -0.1) is 5.06 Å². The molecule has 18 heavy (non-hydrogen) atoms. The van der Waals surface area contributed by atoms with Gasteiger partial charge in [-0.25, -0.2) is 4.79 Å². The van der Waals surface area contributed by atoms with E-state index < -0.39 is 0 Å². The number of fused-ring (bicyclic) bond motifs is 1. The Morgan fingerprint density at radius 1 is 1.11 bits per heavy atom. The Kier molecular flexibility index (Phi) is 2.23. The highest BCUT2D eigenvalue weighted by Gasteiger charge is 2.60. The number of amides is 1. The molecule has 1 amide bonds. The second-order valence-corrected chi connectivity index (χ2v) is 5.85. The van der Waals surface area contributed by atoms with Crippen LogP contribution in [0.2, 0.25) is 0 Å². The first-order valence-electron chi connectivity index (χ1n) is 6.33. The molecule has 2 aliphatic rings. The predicted molar refractivity (Wildman–Crippen MR) is 69.0 cm³/mol. The van der Waals surface area contributed by atoms with Crippen molar-refractivity contribution in [2.75, 3.05) is 4.90 Å². The van der Waals surface area contributed by atoms with Gasteiger partial charge in [0.1, 0.15) is 5.66 Å². The van der Waals surface area contributed by atoms with E-state index in [-0.39, 0.29) is 17.3 Å². The summed E-state index contributed by atoms with van der Waals surface area (Å²) in [5, 5.41) is 1.86. The van der Waals surface area contributed by atoms with Crippen molar-refractivity contribution in [3.8, 4) is 0 Å². The van der Waals surface area contributed by atoms with Crippen molar-refractivity contribution >= 4 is 11.8 Å². The second-order valence-electron chi connectivity index (χ2n) is 5.85. The number of nitrogens with zero attached hydrogens (tertiary/aromatic N) is 2. The fourth-order valence-electron chi connectivity index (χ4n) is 3.10. The molecule has 0 N–H and O–H groups in total. The molecule has 2 fully saturated rings. The molecule has 1 unspecified atom stereocenters. The SMILES string of the molecule is CC1(C)CCC2(C)N(c3ccccc3)C(=O)ON12. The molecular formula is C14H18N2O2. The van der Waals surface area contributed by atoms with Crippen molar-refractivity contribution in [3.63, 3.8) is 0 Å². The Labute approximate surface area is 107 Å². The number of hydroxylamine groups is 2. The Morgan fingerprint density at radius 2 is 1.78 bits per heavy atom. The van der Waals surface area contributed by atoms with Crippen molar-refractivity contribution in [2.24, 2.45) is 0 Å². The molecule has 2 aliphatic heterocycles. The summed E-state index contributed by atoms with van der Waals surface area (Å²) in [6.07, 6.45) is 1.65. The molecule has 0 bridgehead atoms. The largest absolute Gasteiger partial charge is 0.435 e. The zero-order chi connectivity index (χ0) is 13.0. The fourth-order valence-corrected chi connectivity index (χ4v) is 3.10. The molecule has 3 rings (SSSR count). The highest BCUT2D eigenvalue weighted by molar-refractivity contribution is 5.91. The smallest absolute Gasteiger partial charge is 0.348 e. The molecule has 1 aromatic carbocycles. The van der Waals surface area contributed by atoms with Crippen molar-refractivity contribution in [1.82, 2.24) is 5.06 Å². The average molecular weight is 246 g/mol. The van der Waals surface area contributed by atoms with Crippen molar-refractivity contribution in [1.29, 1.82) is 0 Å². The summed E-state index contributed by atoms with van der Waals surface area (Å²) >= 11 is 0. The Morgan fingerprint density at radius 3 is 2.44 bits per heavy atom. The van der Waals surface area contributed by atoms with E-state index in [1.54, 1.807) is 4.90 Å². The first-order chi connectivity index (χ1) is 8.45. The van der Waals surface area contributed by atoms with Crippen molar-refractivity contribution < 1.29 is 9.63 Å². The van der Waals surface area contributed by atoms with Gasteiger partial charge < -0.3 is 4.84 Å². The third-order valence-corrected chi connectivity index (χ3v) is 4.05. The quantitative estimate of drug-likeness (QED) is 0.763. The third-order valence-electron chi connectivity index (χ3n) is 4.05. The predicted octanol–water partition coefficient (Wildman–Crippen LogP) is 3.15. The first-order valence-corrected chi connectivity index (χ1v) is 6.33. The molecule has 0 aliphatic carbocycles. The molecule has 2 saturated heterocycles. The van der Waals surface area contributed by atoms with E-state index >= 15 is 0 Å². The highest BCUT2D eigenvalue weighted by Crippen LogP contribution is 2.48. The summed E-state index contributed by atoms with van der Waals surface area (Å²) < 4.78 is 0. The molecule has 4 nitrogen and oxygen atoms in total. The van der Waals surface area contributed by atoms with Crippen LogP contribution >= 0.6 is 0 Å². The van der Waals surface area contributed by atoms with E-state index in [1.165, 1.54) is 0 Å². The van der Waals surface area contributed by atoms with Crippen molar-refractivity contribution in [3.05, 3.63) is 30.3 Å². The van der Waals surface area contributed by atoms with Gasteiger partial charge >= 0.3 is 6.09 Å².